The number of carbonyl (C=O) groups excluding carboxylic acids is 1. The average Bonchev–Trinajstić information content (AvgIpc) is 3.11. The molecule has 1 saturated heterocycles. The molecule has 2 aromatic heterocycles. The molecule has 0 aromatic carbocycles. The third kappa shape index (κ3) is 3.21. The molecule has 1 aliphatic carbocycles. The van der Waals surface area contributed by atoms with Gasteiger partial charge < -0.3 is 10.4 Å². The monoisotopic (exact) mass is 357 g/mol. The number of aliphatic hydroxyl groups is 1. The van der Waals surface area contributed by atoms with Crippen LogP contribution in [-0.2, 0) is 11.3 Å². The fourth-order valence-electron chi connectivity index (χ4n) is 4.74. The first-order valence-electron chi connectivity index (χ1n) is 9.39. The Labute approximate surface area is 153 Å². The summed E-state index contributed by atoms with van der Waals surface area (Å²) in [6, 6.07) is 1.93. The molecule has 2 N–H and O–H groups in total. The highest BCUT2D eigenvalue weighted by atomic mass is 16.3. The minimum atomic E-state index is -0.441. The zero-order valence-corrected chi connectivity index (χ0v) is 15.6. The number of aliphatic hydroxyl groups excluding tert-OH is 1. The van der Waals surface area contributed by atoms with Crippen LogP contribution in [-0.4, -0.2) is 55.7 Å². The van der Waals surface area contributed by atoms with Crippen molar-refractivity contribution in [1.82, 2.24) is 24.8 Å². The van der Waals surface area contributed by atoms with Crippen LogP contribution < -0.4 is 5.32 Å². The van der Waals surface area contributed by atoms with Crippen LogP contribution in [0.1, 0.15) is 36.7 Å². The number of aryl methyl sites for hydroxylation is 2. The number of hydrogen-bond donors (Lipinski definition) is 2. The molecular weight excluding hydrogens is 330 g/mol. The van der Waals surface area contributed by atoms with Gasteiger partial charge in [-0.05, 0) is 44.6 Å². The number of nitrogens with one attached hydrogen (secondary N) is 1. The number of carbonyl (C=O) groups is 1. The third-order valence-corrected chi connectivity index (χ3v) is 5.85. The van der Waals surface area contributed by atoms with Crippen LogP contribution in [0.5, 0.6) is 0 Å². The minimum Gasteiger partial charge on any atom is -0.391 e. The Morgan fingerprint density at radius 3 is 2.77 bits per heavy atom. The molecule has 4 rings (SSSR count). The fraction of sp³-hybridized carbons (Fsp3) is 0.632. The maximum Gasteiger partial charge on any atom is 0.217 e. The second-order valence-corrected chi connectivity index (χ2v) is 8.00. The first kappa shape index (κ1) is 17.4. The van der Waals surface area contributed by atoms with Gasteiger partial charge in [0.05, 0.1) is 18.3 Å². The summed E-state index contributed by atoms with van der Waals surface area (Å²) in [7, 11) is 0. The van der Waals surface area contributed by atoms with Crippen LogP contribution in [0.2, 0.25) is 0 Å². The predicted octanol–water partition coefficient (Wildman–Crippen LogP) is 1.05. The van der Waals surface area contributed by atoms with E-state index in [1.807, 2.05) is 30.6 Å². The van der Waals surface area contributed by atoms with Gasteiger partial charge in [-0.15, -0.1) is 0 Å². The molecule has 0 spiro atoms. The highest BCUT2D eigenvalue weighted by Crippen LogP contribution is 2.37. The molecule has 0 radical (unpaired) electrons. The molecule has 4 atom stereocenters. The highest BCUT2D eigenvalue weighted by Gasteiger charge is 2.42. The van der Waals surface area contributed by atoms with Crippen LogP contribution in [0.3, 0.4) is 0 Å². The van der Waals surface area contributed by atoms with Crippen LogP contribution >= 0.6 is 0 Å². The Hall–Kier alpha value is -1.99. The maximum atomic E-state index is 11.4. The largest absolute Gasteiger partial charge is 0.391 e. The summed E-state index contributed by atoms with van der Waals surface area (Å²) in [5.41, 5.74) is 4.19. The van der Waals surface area contributed by atoms with Gasteiger partial charge in [0.1, 0.15) is 0 Å². The Morgan fingerprint density at radius 1 is 1.31 bits per heavy atom. The number of rotatable bonds is 3. The van der Waals surface area contributed by atoms with Crippen LogP contribution in [0.15, 0.2) is 12.3 Å². The topological polar surface area (TPSA) is 82.8 Å². The zero-order valence-electron chi connectivity index (χ0n) is 15.6. The lowest BCUT2D eigenvalue weighted by atomic mass is 9.77. The van der Waals surface area contributed by atoms with Crippen molar-refractivity contribution < 1.29 is 9.90 Å². The van der Waals surface area contributed by atoms with Gasteiger partial charge in [-0.3, -0.25) is 9.69 Å². The highest BCUT2D eigenvalue weighted by molar-refractivity contribution is 5.73. The van der Waals surface area contributed by atoms with Gasteiger partial charge in [-0.1, -0.05) is 0 Å². The zero-order chi connectivity index (χ0) is 18.4. The second kappa shape index (κ2) is 6.63. The average molecular weight is 357 g/mol. The number of hydrogen-bond acceptors (Lipinski definition) is 5. The number of amides is 1. The van der Waals surface area contributed by atoms with Gasteiger partial charge in [0.2, 0.25) is 5.91 Å². The van der Waals surface area contributed by atoms with Crippen molar-refractivity contribution in [3.8, 4) is 0 Å². The first-order chi connectivity index (χ1) is 12.4. The van der Waals surface area contributed by atoms with E-state index in [4.69, 9.17) is 0 Å². The molecule has 1 amide bonds. The number of nitrogens with zero attached hydrogens (tertiary/aromatic N) is 4. The standard InChI is InChI=1S/C19H27N5O2/c1-11-4-12(2)24-19(21-11)16(7-20-24)10-23-8-14-5-17(22-13(3)25)18(26)6-15(14)9-23/h4,7,14-15,17-18,26H,5-6,8-10H2,1-3H3,(H,22,25)/t14-,15+,17-,18-/m1/s1. The molecule has 2 fully saturated rings. The summed E-state index contributed by atoms with van der Waals surface area (Å²) in [6.07, 6.45) is 3.10. The van der Waals surface area contributed by atoms with Crippen LogP contribution in [0.25, 0.3) is 5.65 Å². The number of likely N-dealkylation sites (tertiary alicyclic amines) is 1. The van der Waals surface area contributed by atoms with E-state index >= 15 is 0 Å². The van der Waals surface area contributed by atoms with E-state index in [0.717, 1.165) is 55.1 Å². The molecule has 2 aliphatic rings. The first-order valence-corrected chi connectivity index (χ1v) is 9.39. The molecule has 140 valence electrons. The van der Waals surface area contributed by atoms with Gasteiger partial charge >= 0.3 is 0 Å². The third-order valence-electron chi connectivity index (χ3n) is 5.85. The lowest BCUT2D eigenvalue weighted by Gasteiger charge is -2.35. The Balaban J connectivity index is 1.47. The number of aromatic nitrogens is 3. The van der Waals surface area contributed by atoms with E-state index < -0.39 is 6.10 Å². The summed E-state index contributed by atoms with van der Waals surface area (Å²) in [5, 5.41) is 17.8. The Kier molecular flexibility index (Phi) is 4.44. The van der Waals surface area contributed by atoms with Crippen molar-refractivity contribution in [1.29, 1.82) is 0 Å². The summed E-state index contributed by atoms with van der Waals surface area (Å²) >= 11 is 0. The molecule has 1 saturated carbocycles. The van der Waals surface area contributed by atoms with E-state index in [0.29, 0.717) is 11.8 Å². The lowest BCUT2D eigenvalue weighted by Crippen LogP contribution is -2.48. The number of fused-ring (bicyclic) bond motifs is 2. The van der Waals surface area contributed by atoms with E-state index in [1.165, 1.54) is 6.92 Å². The SMILES string of the molecule is CC(=O)N[C@@H]1C[C@@H]2CN(Cc3cnn4c(C)cc(C)nc34)C[C@@H]2C[C@H]1O. The maximum absolute atomic E-state index is 11.4. The van der Waals surface area contributed by atoms with Crippen molar-refractivity contribution >= 4 is 11.6 Å². The van der Waals surface area contributed by atoms with Crippen molar-refractivity contribution in [2.75, 3.05) is 13.1 Å². The van der Waals surface area contributed by atoms with E-state index in [2.05, 4.69) is 20.3 Å². The van der Waals surface area contributed by atoms with Gasteiger partial charge in [-0.2, -0.15) is 5.10 Å². The smallest absolute Gasteiger partial charge is 0.217 e. The van der Waals surface area contributed by atoms with Crippen molar-refractivity contribution in [3.63, 3.8) is 0 Å². The lowest BCUT2D eigenvalue weighted by molar-refractivity contribution is -0.121. The predicted molar refractivity (Wildman–Crippen MR) is 97.6 cm³/mol. The van der Waals surface area contributed by atoms with Crippen molar-refractivity contribution in [3.05, 3.63) is 29.2 Å². The Bertz CT molecular complexity index is 833. The Morgan fingerprint density at radius 2 is 2.04 bits per heavy atom. The second-order valence-electron chi connectivity index (χ2n) is 8.00. The quantitative estimate of drug-likeness (QED) is 0.858. The summed E-state index contributed by atoms with van der Waals surface area (Å²) in [4.78, 5) is 18.5. The van der Waals surface area contributed by atoms with Gasteiger partial charge in [0.15, 0.2) is 5.65 Å². The van der Waals surface area contributed by atoms with Gasteiger partial charge in [-0.25, -0.2) is 9.50 Å². The van der Waals surface area contributed by atoms with Crippen LogP contribution in [0.4, 0.5) is 0 Å². The van der Waals surface area contributed by atoms with Crippen molar-refractivity contribution in [2.45, 2.75) is 52.3 Å². The van der Waals surface area contributed by atoms with E-state index in [9.17, 15) is 9.90 Å². The molecule has 7 heteroatoms. The van der Waals surface area contributed by atoms with Crippen LogP contribution in [0, 0.1) is 25.7 Å². The summed E-state index contributed by atoms with van der Waals surface area (Å²) < 4.78 is 1.90. The molecule has 3 heterocycles. The summed E-state index contributed by atoms with van der Waals surface area (Å²) in [5.74, 6) is 0.951. The molecule has 0 bridgehead atoms. The van der Waals surface area contributed by atoms with Gasteiger partial charge in [0.25, 0.3) is 0 Å². The summed E-state index contributed by atoms with van der Waals surface area (Å²) in [6.45, 7) is 8.38. The molecular formula is C19H27N5O2. The molecule has 7 nitrogen and oxygen atoms in total. The molecule has 26 heavy (non-hydrogen) atoms. The fourth-order valence-corrected chi connectivity index (χ4v) is 4.74. The molecule has 0 unspecified atom stereocenters. The normalized spacial score (nSPS) is 29.1. The van der Waals surface area contributed by atoms with E-state index in [-0.39, 0.29) is 11.9 Å². The van der Waals surface area contributed by atoms with Gasteiger partial charge in [0, 0.05) is 43.5 Å². The molecule has 1 aliphatic heterocycles. The van der Waals surface area contributed by atoms with E-state index in [1.54, 1.807) is 0 Å². The van der Waals surface area contributed by atoms with Crippen molar-refractivity contribution in [2.24, 2.45) is 11.8 Å². The molecule has 2 aromatic rings. The minimum absolute atomic E-state index is 0.0643.